The van der Waals surface area contributed by atoms with Crippen molar-refractivity contribution < 1.29 is 0 Å². The number of aromatic nitrogens is 2. The monoisotopic (exact) mass is 199 g/mol. The van der Waals surface area contributed by atoms with Crippen LogP contribution in [-0.2, 0) is 6.54 Å². The number of thioether (sulfide) groups is 1. The summed E-state index contributed by atoms with van der Waals surface area (Å²) in [6, 6.07) is 1.99. The maximum Gasteiger partial charge on any atom is 0.0490 e. The first-order valence-corrected chi connectivity index (χ1v) is 6.01. The van der Waals surface area contributed by atoms with Crippen LogP contribution in [0.15, 0.2) is 12.3 Å². The number of nitrogens with one attached hydrogen (secondary N) is 2. The Morgan fingerprint density at radius 1 is 1.54 bits per heavy atom. The Morgan fingerprint density at radius 3 is 3.15 bits per heavy atom. The highest BCUT2D eigenvalue weighted by atomic mass is 32.2. The molecular weight excluding hydrogens is 182 g/mol. The van der Waals surface area contributed by atoms with Crippen LogP contribution < -0.4 is 5.32 Å². The Hall–Kier alpha value is -0.480. The van der Waals surface area contributed by atoms with Crippen LogP contribution in [0.1, 0.15) is 18.5 Å². The van der Waals surface area contributed by atoms with Gasteiger partial charge in [0, 0.05) is 18.4 Å². The van der Waals surface area contributed by atoms with Gasteiger partial charge in [0.2, 0.25) is 0 Å². The molecule has 1 aromatic rings. The first-order chi connectivity index (χ1) is 6.43. The van der Waals surface area contributed by atoms with Crippen molar-refractivity contribution in [3.8, 4) is 0 Å². The number of nitrogens with zero attached hydrogens (tertiary/aromatic N) is 1. The van der Waals surface area contributed by atoms with Crippen LogP contribution >= 0.6 is 11.8 Å². The van der Waals surface area contributed by atoms with Crippen molar-refractivity contribution in [1.29, 1.82) is 0 Å². The second kappa shape index (κ2) is 6.97. The highest BCUT2D eigenvalue weighted by Gasteiger charge is 1.92. The zero-order valence-corrected chi connectivity index (χ0v) is 8.86. The van der Waals surface area contributed by atoms with E-state index in [1.807, 2.05) is 17.8 Å². The van der Waals surface area contributed by atoms with E-state index < -0.39 is 0 Å². The molecule has 0 bridgehead atoms. The van der Waals surface area contributed by atoms with Gasteiger partial charge in [-0.2, -0.15) is 16.9 Å². The van der Waals surface area contributed by atoms with Crippen molar-refractivity contribution >= 4 is 11.8 Å². The second-order valence-electron chi connectivity index (χ2n) is 2.96. The minimum atomic E-state index is 0.902. The van der Waals surface area contributed by atoms with Gasteiger partial charge in [0.05, 0.1) is 0 Å². The van der Waals surface area contributed by atoms with E-state index in [9.17, 15) is 0 Å². The van der Waals surface area contributed by atoms with Crippen LogP contribution in [0.5, 0.6) is 0 Å². The molecular formula is C9H17N3S. The first kappa shape index (κ1) is 10.6. The highest BCUT2D eigenvalue weighted by Crippen LogP contribution is 1.98. The molecule has 0 saturated heterocycles. The summed E-state index contributed by atoms with van der Waals surface area (Å²) in [5, 5.41) is 10.2. The van der Waals surface area contributed by atoms with Crippen LogP contribution in [-0.4, -0.2) is 28.8 Å². The van der Waals surface area contributed by atoms with E-state index in [0.717, 1.165) is 18.8 Å². The van der Waals surface area contributed by atoms with Crippen molar-refractivity contribution in [2.75, 3.05) is 18.6 Å². The maximum atomic E-state index is 3.88. The fourth-order valence-corrected chi connectivity index (χ4v) is 1.60. The lowest BCUT2D eigenvalue weighted by molar-refractivity contribution is 0.634. The number of rotatable bonds is 7. The van der Waals surface area contributed by atoms with Crippen molar-refractivity contribution in [3.05, 3.63) is 18.0 Å². The summed E-state index contributed by atoms with van der Waals surface area (Å²) < 4.78 is 0. The highest BCUT2D eigenvalue weighted by molar-refractivity contribution is 7.98. The zero-order valence-electron chi connectivity index (χ0n) is 8.05. The molecule has 0 spiro atoms. The Morgan fingerprint density at radius 2 is 2.46 bits per heavy atom. The van der Waals surface area contributed by atoms with E-state index in [1.165, 1.54) is 18.6 Å². The molecule has 0 saturated carbocycles. The molecule has 2 N–H and O–H groups in total. The van der Waals surface area contributed by atoms with Crippen molar-refractivity contribution in [2.24, 2.45) is 0 Å². The van der Waals surface area contributed by atoms with Crippen molar-refractivity contribution in [3.63, 3.8) is 0 Å². The third-order valence-corrected chi connectivity index (χ3v) is 2.52. The molecule has 1 aromatic heterocycles. The fourth-order valence-electron chi connectivity index (χ4n) is 1.10. The lowest BCUT2D eigenvalue weighted by Gasteiger charge is -2.01. The van der Waals surface area contributed by atoms with Gasteiger partial charge < -0.3 is 5.32 Å². The standard InChI is InChI=1S/C9H17N3S/c1-13-7-3-2-5-10-8-9-4-6-11-12-9/h4,6,10H,2-3,5,7-8H2,1H3,(H,11,12). The summed E-state index contributed by atoms with van der Waals surface area (Å²) in [5.74, 6) is 1.27. The Kier molecular flexibility index (Phi) is 5.69. The molecule has 3 nitrogen and oxygen atoms in total. The van der Waals surface area contributed by atoms with Gasteiger partial charge in [0.25, 0.3) is 0 Å². The molecule has 0 radical (unpaired) electrons. The number of unbranched alkanes of at least 4 members (excludes halogenated alkanes) is 1. The molecule has 1 heterocycles. The van der Waals surface area contributed by atoms with Gasteiger partial charge in [-0.1, -0.05) is 0 Å². The summed E-state index contributed by atoms with van der Waals surface area (Å²) in [6.45, 7) is 2.00. The molecule has 0 unspecified atom stereocenters. The summed E-state index contributed by atoms with van der Waals surface area (Å²) in [4.78, 5) is 0. The molecule has 0 aliphatic rings. The van der Waals surface area contributed by atoms with Gasteiger partial charge in [-0.15, -0.1) is 0 Å². The SMILES string of the molecule is CSCCCCNCc1ccn[nH]1. The van der Waals surface area contributed by atoms with Crippen molar-refractivity contribution in [1.82, 2.24) is 15.5 Å². The zero-order chi connectivity index (χ0) is 9.36. The van der Waals surface area contributed by atoms with Crippen LogP contribution in [0.25, 0.3) is 0 Å². The lowest BCUT2D eigenvalue weighted by atomic mass is 10.3. The van der Waals surface area contributed by atoms with Gasteiger partial charge in [-0.05, 0) is 37.5 Å². The van der Waals surface area contributed by atoms with E-state index in [0.29, 0.717) is 0 Å². The Balaban J connectivity index is 1.90. The summed E-state index contributed by atoms with van der Waals surface area (Å²) in [6.07, 6.45) is 6.49. The lowest BCUT2D eigenvalue weighted by Crippen LogP contribution is -2.15. The summed E-state index contributed by atoms with van der Waals surface area (Å²) in [7, 11) is 0. The van der Waals surface area contributed by atoms with E-state index in [4.69, 9.17) is 0 Å². The molecule has 4 heteroatoms. The smallest absolute Gasteiger partial charge is 0.0490 e. The van der Waals surface area contributed by atoms with Crippen LogP contribution in [0.4, 0.5) is 0 Å². The van der Waals surface area contributed by atoms with Gasteiger partial charge in [-0.25, -0.2) is 0 Å². The quantitative estimate of drug-likeness (QED) is 0.656. The number of H-pyrrole nitrogens is 1. The molecule has 0 aliphatic heterocycles. The second-order valence-corrected chi connectivity index (χ2v) is 3.94. The summed E-state index contributed by atoms with van der Waals surface area (Å²) in [5.41, 5.74) is 1.16. The molecule has 1 rings (SSSR count). The molecule has 0 atom stereocenters. The molecule has 0 aromatic carbocycles. The fraction of sp³-hybridized carbons (Fsp3) is 0.667. The van der Waals surface area contributed by atoms with Gasteiger partial charge in [0.15, 0.2) is 0 Å². The number of hydrogen-bond donors (Lipinski definition) is 2. The minimum Gasteiger partial charge on any atom is -0.311 e. The average molecular weight is 199 g/mol. The van der Waals surface area contributed by atoms with Crippen LogP contribution in [0.2, 0.25) is 0 Å². The predicted octanol–water partition coefficient (Wildman–Crippen LogP) is 1.64. The van der Waals surface area contributed by atoms with E-state index in [1.54, 1.807) is 6.20 Å². The van der Waals surface area contributed by atoms with Gasteiger partial charge in [-0.3, -0.25) is 5.10 Å². The largest absolute Gasteiger partial charge is 0.311 e. The van der Waals surface area contributed by atoms with E-state index >= 15 is 0 Å². The Bertz CT molecular complexity index is 199. The third-order valence-electron chi connectivity index (χ3n) is 1.83. The first-order valence-electron chi connectivity index (χ1n) is 4.61. The maximum absolute atomic E-state index is 3.88. The van der Waals surface area contributed by atoms with E-state index in [2.05, 4.69) is 21.8 Å². The van der Waals surface area contributed by atoms with Crippen LogP contribution in [0.3, 0.4) is 0 Å². The Labute approximate surface area is 83.7 Å². The number of aromatic amines is 1. The van der Waals surface area contributed by atoms with Crippen LogP contribution in [0, 0.1) is 0 Å². The third kappa shape index (κ3) is 4.95. The number of hydrogen-bond acceptors (Lipinski definition) is 3. The predicted molar refractivity (Wildman–Crippen MR) is 57.9 cm³/mol. The average Bonchev–Trinajstić information content (AvgIpc) is 2.63. The minimum absolute atomic E-state index is 0.902. The molecule has 74 valence electrons. The van der Waals surface area contributed by atoms with Gasteiger partial charge in [0.1, 0.15) is 0 Å². The molecule has 0 aliphatic carbocycles. The summed E-state index contributed by atoms with van der Waals surface area (Å²) >= 11 is 1.91. The molecule has 0 amide bonds. The van der Waals surface area contributed by atoms with Crippen molar-refractivity contribution in [2.45, 2.75) is 19.4 Å². The molecule has 13 heavy (non-hydrogen) atoms. The normalized spacial score (nSPS) is 10.5. The van der Waals surface area contributed by atoms with E-state index in [-0.39, 0.29) is 0 Å². The topological polar surface area (TPSA) is 40.7 Å². The van der Waals surface area contributed by atoms with Gasteiger partial charge >= 0.3 is 0 Å². The molecule has 0 fully saturated rings.